The number of methoxy groups -OCH3 is 1. The van der Waals surface area contributed by atoms with Gasteiger partial charge in [-0.05, 0) is 42.8 Å². The van der Waals surface area contributed by atoms with Crippen LogP contribution in [0, 0.1) is 5.92 Å². The van der Waals surface area contributed by atoms with E-state index < -0.39 is 0 Å². The number of hydrogen-bond donors (Lipinski definition) is 2. The van der Waals surface area contributed by atoms with Crippen LogP contribution in [0.2, 0.25) is 0 Å². The summed E-state index contributed by atoms with van der Waals surface area (Å²) in [5, 5.41) is 5.65. The molecule has 2 rings (SSSR count). The van der Waals surface area contributed by atoms with Gasteiger partial charge >= 0.3 is 0 Å². The molecule has 0 fully saturated rings. The fraction of sp³-hybridized carbons (Fsp3) is 0.364. The number of carbonyl (C=O) groups is 2. The van der Waals surface area contributed by atoms with Gasteiger partial charge in [-0.15, -0.1) is 0 Å². The van der Waals surface area contributed by atoms with Gasteiger partial charge in [-0.2, -0.15) is 0 Å². The Morgan fingerprint density at radius 2 is 1.75 bits per heavy atom. The summed E-state index contributed by atoms with van der Waals surface area (Å²) in [5.41, 5.74) is 1.67. The number of nitrogens with one attached hydrogen (secondary N) is 2. The smallest absolute Gasteiger partial charge is 0.255 e. The second-order valence-corrected chi connectivity index (χ2v) is 6.74. The first-order valence-electron chi connectivity index (χ1n) is 9.47. The standard InChI is InChI=1S/C22H28N2O4/c1-5-6-13-28-18-10-7-16(8-11-18)22(26)23-17-9-12-19(20(14-17)27-4)24-21(25)15(2)3/h7-12,14-15H,5-6,13H2,1-4H3,(H,23,26)(H,24,25). The second-order valence-electron chi connectivity index (χ2n) is 6.74. The predicted octanol–water partition coefficient (Wildman–Crippen LogP) is 4.72. The van der Waals surface area contributed by atoms with E-state index in [1.165, 1.54) is 7.11 Å². The lowest BCUT2D eigenvalue weighted by Crippen LogP contribution is -2.18. The number of hydrogen-bond acceptors (Lipinski definition) is 4. The molecule has 0 saturated carbocycles. The maximum absolute atomic E-state index is 12.5. The van der Waals surface area contributed by atoms with Crippen LogP contribution in [0.15, 0.2) is 42.5 Å². The number of carbonyl (C=O) groups excluding carboxylic acids is 2. The predicted molar refractivity (Wildman–Crippen MR) is 111 cm³/mol. The Bertz CT molecular complexity index is 801. The monoisotopic (exact) mass is 384 g/mol. The average molecular weight is 384 g/mol. The zero-order chi connectivity index (χ0) is 20.5. The van der Waals surface area contributed by atoms with Crippen LogP contribution in [0.5, 0.6) is 11.5 Å². The first-order chi connectivity index (χ1) is 13.4. The zero-order valence-corrected chi connectivity index (χ0v) is 16.9. The van der Waals surface area contributed by atoms with Crippen molar-refractivity contribution in [3.05, 3.63) is 48.0 Å². The molecule has 28 heavy (non-hydrogen) atoms. The van der Waals surface area contributed by atoms with E-state index in [-0.39, 0.29) is 17.7 Å². The summed E-state index contributed by atoms with van der Waals surface area (Å²) in [6.07, 6.45) is 2.07. The second kappa shape index (κ2) is 10.3. The van der Waals surface area contributed by atoms with Gasteiger partial charge in [0.2, 0.25) is 5.91 Å². The third-order valence-corrected chi connectivity index (χ3v) is 4.12. The highest BCUT2D eigenvalue weighted by Gasteiger charge is 2.13. The quantitative estimate of drug-likeness (QED) is 0.613. The maximum Gasteiger partial charge on any atom is 0.255 e. The molecule has 150 valence electrons. The SMILES string of the molecule is CCCCOc1ccc(C(=O)Nc2ccc(NC(=O)C(C)C)c(OC)c2)cc1. The molecular formula is C22H28N2O4. The molecule has 6 nitrogen and oxygen atoms in total. The summed E-state index contributed by atoms with van der Waals surface area (Å²) in [6.45, 7) is 6.41. The number of unbranched alkanes of at least 4 members (excludes halogenated alkanes) is 1. The molecule has 2 aromatic carbocycles. The van der Waals surface area contributed by atoms with E-state index in [4.69, 9.17) is 9.47 Å². The third kappa shape index (κ3) is 6.01. The van der Waals surface area contributed by atoms with Crippen molar-refractivity contribution < 1.29 is 19.1 Å². The van der Waals surface area contributed by atoms with Crippen molar-refractivity contribution in [2.24, 2.45) is 5.92 Å². The number of anilines is 2. The third-order valence-electron chi connectivity index (χ3n) is 4.12. The van der Waals surface area contributed by atoms with Crippen LogP contribution < -0.4 is 20.1 Å². The van der Waals surface area contributed by atoms with Crippen molar-refractivity contribution in [2.75, 3.05) is 24.4 Å². The first-order valence-corrected chi connectivity index (χ1v) is 9.47. The molecule has 0 atom stereocenters. The van der Waals surface area contributed by atoms with Gasteiger partial charge in [0, 0.05) is 23.2 Å². The van der Waals surface area contributed by atoms with Crippen molar-refractivity contribution in [1.82, 2.24) is 0 Å². The fourth-order valence-electron chi connectivity index (χ4n) is 2.39. The van der Waals surface area contributed by atoms with Gasteiger partial charge in [-0.3, -0.25) is 9.59 Å². The van der Waals surface area contributed by atoms with Crippen molar-refractivity contribution in [3.8, 4) is 11.5 Å². The number of amides is 2. The molecule has 0 aromatic heterocycles. The molecule has 6 heteroatoms. The average Bonchev–Trinajstić information content (AvgIpc) is 2.69. The lowest BCUT2D eigenvalue weighted by molar-refractivity contribution is -0.118. The van der Waals surface area contributed by atoms with Crippen molar-refractivity contribution in [1.29, 1.82) is 0 Å². The van der Waals surface area contributed by atoms with Gasteiger partial charge < -0.3 is 20.1 Å². The summed E-state index contributed by atoms with van der Waals surface area (Å²) in [4.78, 5) is 24.4. The largest absolute Gasteiger partial charge is 0.494 e. The summed E-state index contributed by atoms with van der Waals surface area (Å²) in [5.74, 6) is 0.749. The summed E-state index contributed by atoms with van der Waals surface area (Å²) >= 11 is 0. The maximum atomic E-state index is 12.5. The molecule has 0 aliphatic heterocycles. The molecule has 0 heterocycles. The van der Waals surface area contributed by atoms with Crippen LogP contribution in [0.4, 0.5) is 11.4 Å². The first kappa shape index (κ1) is 21.3. The van der Waals surface area contributed by atoms with Crippen LogP contribution in [-0.2, 0) is 4.79 Å². The minimum Gasteiger partial charge on any atom is -0.494 e. The Balaban J connectivity index is 2.04. The van der Waals surface area contributed by atoms with Gasteiger partial charge in [0.25, 0.3) is 5.91 Å². The molecule has 0 bridgehead atoms. The van der Waals surface area contributed by atoms with Crippen LogP contribution in [0.3, 0.4) is 0 Å². The Hall–Kier alpha value is -3.02. The summed E-state index contributed by atoms with van der Waals surface area (Å²) in [7, 11) is 1.52. The minimum atomic E-state index is -0.235. The molecule has 0 saturated heterocycles. The topological polar surface area (TPSA) is 76.7 Å². The zero-order valence-electron chi connectivity index (χ0n) is 16.9. The molecule has 0 spiro atoms. The van der Waals surface area contributed by atoms with E-state index in [9.17, 15) is 9.59 Å². The minimum absolute atomic E-state index is 0.101. The lowest BCUT2D eigenvalue weighted by Gasteiger charge is -2.14. The van der Waals surface area contributed by atoms with E-state index in [1.54, 1.807) is 42.5 Å². The normalized spacial score (nSPS) is 10.5. The Morgan fingerprint density at radius 1 is 1.04 bits per heavy atom. The van der Waals surface area contributed by atoms with Gasteiger partial charge in [0.15, 0.2) is 0 Å². The van der Waals surface area contributed by atoms with Crippen LogP contribution in [-0.4, -0.2) is 25.5 Å². The Morgan fingerprint density at radius 3 is 2.36 bits per heavy atom. The molecule has 2 aromatic rings. The van der Waals surface area contributed by atoms with E-state index >= 15 is 0 Å². The highest BCUT2D eigenvalue weighted by Crippen LogP contribution is 2.28. The van der Waals surface area contributed by atoms with Gasteiger partial charge in [0.1, 0.15) is 11.5 Å². The molecule has 2 amide bonds. The number of benzene rings is 2. The fourth-order valence-corrected chi connectivity index (χ4v) is 2.39. The van der Waals surface area contributed by atoms with E-state index in [0.29, 0.717) is 29.3 Å². The summed E-state index contributed by atoms with van der Waals surface area (Å²) < 4.78 is 10.9. The Labute approximate surface area is 166 Å². The molecule has 0 unspecified atom stereocenters. The number of rotatable bonds is 9. The van der Waals surface area contributed by atoms with Crippen LogP contribution in [0.1, 0.15) is 44.0 Å². The van der Waals surface area contributed by atoms with Gasteiger partial charge in [-0.25, -0.2) is 0 Å². The highest BCUT2D eigenvalue weighted by atomic mass is 16.5. The highest BCUT2D eigenvalue weighted by molar-refractivity contribution is 6.04. The van der Waals surface area contributed by atoms with Gasteiger partial charge in [0.05, 0.1) is 19.4 Å². The molecule has 0 aliphatic rings. The van der Waals surface area contributed by atoms with Crippen LogP contribution >= 0.6 is 0 Å². The molecular weight excluding hydrogens is 356 g/mol. The molecule has 0 radical (unpaired) electrons. The van der Waals surface area contributed by atoms with E-state index in [1.807, 2.05) is 13.8 Å². The van der Waals surface area contributed by atoms with Crippen LogP contribution in [0.25, 0.3) is 0 Å². The van der Waals surface area contributed by atoms with Crippen molar-refractivity contribution in [3.63, 3.8) is 0 Å². The number of ether oxygens (including phenoxy) is 2. The molecule has 0 aliphatic carbocycles. The van der Waals surface area contributed by atoms with E-state index in [0.717, 1.165) is 18.6 Å². The van der Waals surface area contributed by atoms with Crippen molar-refractivity contribution >= 4 is 23.2 Å². The van der Waals surface area contributed by atoms with Crippen molar-refractivity contribution in [2.45, 2.75) is 33.6 Å². The van der Waals surface area contributed by atoms with E-state index in [2.05, 4.69) is 17.6 Å². The lowest BCUT2D eigenvalue weighted by atomic mass is 10.1. The van der Waals surface area contributed by atoms with Gasteiger partial charge in [-0.1, -0.05) is 27.2 Å². The Kier molecular flexibility index (Phi) is 7.87. The molecule has 2 N–H and O–H groups in total. The summed E-state index contributed by atoms with van der Waals surface area (Å²) in [6, 6.07) is 12.1.